The van der Waals surface area contributed by atoms with Crippen molar-refractivity contribution in [2.24, 2.45) is 5.92 Å². The predicted molar refractivity (Wildman–Crippen MR) is 51.9 cm³/mol. The number of nitrogens with zero attached hydrogens (tertiary/aromatic N) is 2. The van der Waals surface area contributed by atoms with Crippen LogP contribution in [0.2, 0.25) is 0 Å². The van der Waals surface area contributed by atoms with Gasteiger partial charge in [-0.3, -0.25) is 4.79 Å². The highest BCUT2D eigenvalue weighted by molar-refractivity contribution is 5.69. The highest BCUT2D eigenvalue weighted by atomic mass is 16.4. The molecule has 1 unspecified atom stereocenters. The molecule has 0 aromatic carbocycles. The number of carboxylic acid groups (broad SMARTS) is 1. The van der Waals surface area contributed by atoms with Gasteiger partial charge in [-0.15, -0.1) is 0 Å². The molecule has 0 amide bonds. The Morgan fingerprint density at radius 3 is 2.71 bits per heavy atom. The van der Waals surface area contributed by atoms with Crippen LogP contribution < -0.4 is 0 Å². The quantitative estimate of drug-likeness (QED) is 0.784. The third-order valence-corrected chi connectivity index (χ3v) is 2.08. The Kier molecular flexibility index (Phi) is 3.56. The number of rotatable bonds is 4. The van der Waals surface area contributed by atoms with E-state index in [4.69, 9.17) is 5.11 Å². The maximum Gasteiger partial charge on any atom is 0.306 e. The van der Waals surface area contributed by atoms with E-state index in [1.165, 1.54) is 6.33 Å². The third kappa shape index (κ3) is 2.80. The van der Waals surface area contributed by atoms with Crippen LogP contribution in [0.4, 0.5) is 0 Å². The standard InChI is InChI=1S/C10H14N2O2/c1-3-8-5-9(12-6-11-8)4-7(2)10(13)14/h5-7H,3-4H2,1-2H3,(H,13,14). The number of aryl methyl sites for hydroxylation is 1. The van der Waals surface area contributed by atoms with Crippen LogP contribution in [0.15, 0.2) is 12.4 Å². The molecule has 0 spiro atoms. The monoisotopic (exact) mass is 194 g/mol. The van der Waals surface area contributed by atoms with Crippen LogP contribution in [0.1, 0.15) is 25.2 Å². The molecule has 0 radical (unpaired) electrons. The van der Waals surface area contributed by atoms with Crippen molar-refractivity contribution in [2.75, 3.05) is 0 Å². The minimum atomic E-state index is -0.790. The van der Waals surface area contributed by atoms with E-state index in [9.17, 15) is 4.79 Å². The predicted octanol–water partition coefficient (Wildman–Crippen LogP) is 1.30. The molecule has 1 atom stereocenters. The maximum atomic E-state index is 10.6. The smallest absolute Gasteiger partial charge is 0.306 e. The lowest BCUT2D eigenvalue weighted by atomic mass is 10.1. The second kappa shape index (κ2) is 4.69. The summed E-state index contributed by atoms with van der Waals surface area (Å²) < 4.78 is 0. The van der Waals surface area contributed by atoms with Gasteiger partial charge in [0.25, 0.3) is 0 Å². The van der Waals surface area contributed by atoms with Gasteiger partial charge >= 0.3 is 5.97 Å². The highest BCUT2D eigenvalue weighted by Crippen LogP contribution is 2.07. The van der Waals surface area contributed by atoms with E-state index in [1.54, 1.807) is 6.92 Å². The van der Waals surface area contributed by atoms with Crippen LogP contribution >= 0.6 is 0 Å². The first kappa shape index (κ1) is 10.6. The van der Waals surface area contributed by atoms with E-state index in [0.29, 0.717) is 6.42 Å². The fourth-order valence-corrected chi connectivity index (χ4v) is 1.15. The molecule has 4 heteroatoms. The minimum absolute atomic E-state index is 0.394. The van der Waals surface area contributed by atoms with Gasteiger partial charge < -0.3 is 5.11 Å². The van der Waals surface area contributed by atoms with Gasteiger partial charge in [0, 0.05) is 17.8 Å². The van der Waals surface area contributed by atoms with E-state index in [1.807, 2.05) is 13.0 Å². The van der Waals surface area contributed by atoms with E-state index in [0.717, 1.165) is 17.8 Å². The number of carboxylic acids is 1. The molecule has 1 heterocycles. The van der Waals surface area contributed by atoms with Crippen molar-refractivity contribution >= 4 is 5.97 Å². The van der Waals surface area contributed by atoms with Crippen molar-refractivity contribution < 1.29 is 9.90 Å². The van der Waals surface area contributed by atoms with Crippen molar-refractivity contribution in [1.29, 1.82) is 0 Å². The Balaban J connectivity index is 2.71. The summed E-state index contributed by atoms with van der Waals surface area (Å²) in [6, 6.07) is 1.86. The van der Waals surface area contributed by atoms with E-state index >= 15 is 0 Å². The molecule has 0 saturated carbocycles. The first-order chi connectivity index (χ1) is 6.63. The zero-order valence-electron chi connectivity index (χ0n) is 8.40. The summed E-state index contributed by atoms with van der Waals surface area (Å²) in [4.78, 5) is 18.7. The third-order valence-electron chi connectivity index (χ3n) is 2.08. The molecule has 0 aliphatic rings. The van der Waals surface area contributed by atoms with Crippen molar-refractivity contribution in [3.8, 4) is 0 Å². The number of aromatic nitrogens is 2. The van der Waals surface area contributed by atoms with Crippen LogP contribution in [-0.4, -0.2) is 21.0 Å². The topological polar surface area (TPSA) is 63.1 Å². The summed E-state index contributed by atoms with van der Waals surface area (Å²) in [5.41, 5.74) is 1.75. The zero-order valence-corrected chi connectivity index (χ0v) is 8.40. The molecule has 0 aliphatic heterocycles. The Morgan fingerprint density at radius 2 is 2.14 bits per heavy atom. The number of carbonyl (C=O) groups is 1. The van der Waals surface area contributed by atoms with Gasteiger partial charge in [-0.1, -0.05) is 13.8 Å². The summed E-state index contributed by atoms with van der Waals surface area (Å²) in [6.07, 6.45) is 2.80. The molecule has 4 nitrogen and oxygen atoms in total. The molecule has 0 aliphatic carbocycles. The van der Waals surface area contributed by atoms with Crippen LogP contribution in [0, 0.1) is 5.92 Å². The fraction of sp³-hybridized carbons (Fsp3) is 0.500. The molecule has 1 aromatic heterocycles. The molecule has 0 saturated heterocycles. The average molecular weight is 194 g/mol. The Bertz CT molecular complexity index is 326. The summed E-state index contributed by atoms with van der Waals surface area (Å²) in [5, 5.41) is 8.73. The lowest BCUT2D eigenvalue weighted by Crippen LogP contribution is -2.13. The Labute approximate surface area is 83.0 Å². The lowest BCUT2D eigenvalue weighted by Gasteiger charge is -2.05. The molecule has 1 rings (SSSR count). The van der Waals surface area contributed by atoms with Gasteiger partial charge in [0.2, 0.25) is 0 Å². The molecular weight excluding hydrogens is 180 g/mol. The van der Waals surface area contributed by atoms with E-state index < -0.39 is 11.9 Å². The highest BCUT2D eigenvalue weighted by Gasteiger charge is 2.12. The number of aliphatic carboxylic acids is 1. The second-order valence-corrected chi connectivity index (χ2v) is 3.30. The average Bonchev–Trinajstić information content (AvgIpc) is 2.18. The van der Waals surface area contributed by atoms with Crippen molar-refractivity contribution in [3.05, 3.63) is 23.8 Å². The van der Waals surface area contributed by atoms with Crippen LogP contribution in [0.3, 0.4) is 0 Å². The van der Waals surface area contributed by atoms with E-state index in [2.05, 4.69) is 9.97 Å². The fourth-order valence-electron chi connectivity index (χ4n) is 1.15. The SMILES string of the molecule is CCc1cc(CC(C)C(=O)O)ncn1. The van der Waals surface area contributed by atoms with E-state index in [-0.39, 0.29) is 0 Å². The van der Waals surface area contributed by atoms with Gasteiger partial charge in [0.15, 0.2) is 0 Å². The van der Waals surface area contributed by atoms with Crippen molar-refractivity contribution in [3.63, 3.8) is 0 Å². The second-order valence-electron chi connectivity index (χ2n) is 3.30. The van der Waals surface area contributed by atoms with Crippen molar-refractivity contribution in [2.45, 2.75) is 26.7 Å². The zero-order chi connectivity index (χ0) is 10.6. The van der Waals surface area contributed by atoms with Gasteiger partial charge in [-0.2, -0.15) is 0 Å². The Morgan fingerprint density at radius 1 is 1.50 bits per heavy atom. The van der Waals surface area contributed by atoms with Crippen LogP contribution in [0.25, 0.3) is 0 Å². The number of hydrogen-bond acceptors (Lipinski definition) is 3. The number of hydrogen-bond donors (Lipinski definition) is 1. The molecule has 0 fully saturated rings. The molecule has 14 heavy (non-hydrogen) atoms. The normalized spacial score (nSPS) is 12.4. The summed E-state index contributed by atoms with van der Waals surface area (Å²) >= 11 is 0. The first-order valence-corrected chi connectivity index (χ1v) is 4.66. The summed E-state index contributed by atoms with van der Waals surface area (Å²) in [6.45, 7) is 3.68. The largest absolute Gasteiger partial charge is 0.481 e. The molecular formula is C10H14N2O2. The molecule has 1 N–H and O–H groups in total. The van der Waals surface area contributed by atoms with Gasteiger partial charge in [-0.05, 0) is 12.5 Å². The van der Waals surface area contributed by atoms with Gasteiger partial charge in [0.05, 0.1) is 5.92 Å². The van der Waals surface area contributed by atoms with Gasteiger partial charge in [-0.25, -0.2) is 9.97 Å². The first-order valence-electron chi connectivity index (χ1n) is 4.66. The molecule has 0 bridgehead atoms. The Hall–Kier alpha value is -1.45. The van der Waals surface area contributed by atoms with Crippen LogP contribution in [-0.2, 0) is 17.6 Å². The summed E-state index contributed by atoms with van der Waals surface area (Å²) in [7, 11) is 0. The summed E-state index contributed by atoms with van der Waals surface area (Å²) in [5.74, 6) is -1.18. The molecule has 76 valence electrons. The van der Waals surface area contributed by atoms with Gasteiger partial charge in [0.1, 0.15) is 6.33 Å². The minimum Gasteiger partial charge on any atom is -0.481 e. The molecule has 1 aromatic rings. The van der Waals surface area contributed by atoms with Crippen LogP contribution in [0.5, 0.6) is 0 Å². The lowest BCUT2D eigenvalue weighted by molar-refractivity contribution is -0.141. The van der Waals surface area contributed by atoms with Crippen molar-refractivity contribution in [1.82, 2.24) is 9.97 Å². The maximum absolute atomic E-state index is 10.6.